The van der Waals surface area contributed by atoms with E-state index in [2.05, 4.69) is 17.0 Å². The van der Waals surface area contributed by atoms with Crippen molar-refractivity contribution in [2.45, 2.75) is 25.3 Å². The molecule has 6 heteroatoms. The maximum atomic E-state index is 12.5. The highest BCUT2D eigenvalue weighted by atomic mass is 32.2. The molecule has 0 unspecified atom stereocenters. The Morgan fingerprint density at radius 2 is 2.04 bits per heavy atom. The van der Waals surface area contributed by atoms with Crippen LogP contribution in [0.15, 0.2) is 41.8 Å². The molecule has 0 saturated carbocycles. The monoisotopic (exact) mass is 348 g/mol. The van der Waals surface area contributed by atoms with Crippen molar-refractivity contribution in [1.82, 2.24) is 4.90 Å². The van der Waals surface area contributed by atoms with E-state index in [0.717, 1.165) is 25.9 Å². The fraction of sp³-hybridized carbons (Fsp3) is 0.500. The molecule has 130 valence electrons. The Labute approximate surface area is 143 Å². The third-order valence-electron chi connectivity index (χ3n) is 4.90. The van der Waals surface area contributed by atoms with Crippen LogP contribution in [0.2, 0.25) is 0 Å². The van der Waals surface area contributed by atoms with Gasteiger partial charge in [0.1, 0.15) is 0 Å². The fourth-order valence-corrected chi connectivity index (χ4v) is 4.88. The first kappa shape index (κ1) is 17.0. The Morgan fingerprint density at radius 1 is 1.29 bits per heavy atom. The summed E-state index contributed by atoms with van der Waals surface area (Å²) in [7, 11) is -1.25. The third kappa shape index (κ3) is 3.98. The van der Waals surface area contributed by atoms with Gasteiger partial charge in [0.2, 0.25) is 5.91 Å². The van der Waals surface area contributed by atoms with E-state index in [1.54, 1.807) is 6.08 Å². The summed E-state index contributed by atoms with van der Waals surface area (Å²) < 4.78 is 23.0. The lowest BCUT2D eigenvalue weighted by Gasteiger charge is -2.39. The molecular weight excluding hydrogens is 324 g/mol. The summed E-state index contributed by atoms with van der Waals surface area (Å²) in [6.45, 7) is 1.83. The van der Waals surface area contributed by atoms with Crippen molar-refractivity contribution < 1.29 is 13.2 Å². The fourth-order valence-electron chi connectivity index (χ4n) is 3.48. The number of allylic oxidation sites excluding steroid dienone is 1. The van der Waals surface area contributed by atoms with Gasteiger partial charge in [0.25, 0.3) is 0 Å². The number of rotatable bonds is 4. The van der Waals surface area contributed by atoms with Gasteiger partial charge in [0.15, 0.2) is 9.84 Å². The molecule has 1 saturated heterocycles. The molecule has 0 N–H and O–H groups in total. The minimum atomic E-state index is -3.10. The minimum Gasteiger partial charge on any atom is -0.369 e. The van der Waals surface area contributed by atoms with Gasteiger partial charge in [0.05, 0.1) is 5.75 Å². The van der Waals surface area contributed by atoms with Crippen LogP contribution >= 0.6 is 0 Å². The molecule has 0 bridgehead atoms. The molecule has 1 aromatic carbocycles. The van der Waals surface area contributed by atoms with Crippen molar-refractivity contribution in [3.8, 4) is 0 Å². The van der Waals surface area contributed by atoms with Crippen LogP contribution in [-0.2, 0) is 14.6 Å². The van der Waals surface area contributed by atoms with Crippen LogP contribution < -0.4 is 4.90 Å². The predicted molar refractivity (Wildman–Crippen MR) is 95.5 cm³/mol. The molecule has 3 rings (SSSR count). The number of anilines is 1. The molecule has 1 fully saturated rings. The molecule has 2 atom stereocenters. The van der Waals surface area contributed by atoms with Crippen LogP contribution in [0.4, 0.5) is 5.69 Å². The number of piperidine rings is 1. The molecule has 24 heavy (non-hydrogen) atoms. The number of hydrogen-bond acceptors (Lipinski definition) is 4. The van der Waals surface area contributed by atoms with Crippen LogP contribution in [0, 0.1) is 5.92 Å². The number of carbonyl (C=O) groups is 1. The van der Waals surface area contributed by atoms with Crippen molar-refractivity contribution in [2.24, 2.45) is 5.92 Å². The van der Waals surface area contributed by atoms with Crippen molar-refractivity contribution in [3.05, 3.63) is 41.8 Å². The van der Waals surface area contributed by atoms with E-state index in [9.17, 15) is 13.2 Å². The van der Waals surface area contributed by atoms with Crippen LogP contribution in [0.1, 0.15) is 19.3 Å². The predicted octanol–water partition coefficient (Wildman–Crippen LogP) is 2.06. The van der Waals surface area contributed by atoms with Crippen molar-refractivity contribution in [2.75, 3.05) is 30.8 Å². The summed E-state index contributed by atoms with van der Waals surface area (Å²) in [5.74, 6) is -0.0895. The molecule has 0 spiro atoms. The highest BCUT2D eigenvalue weighted by molar-refractivity contribution is 7.94. The quantitative estimate of drug-likeness (QED) is 0.836. The average molecular weight is 348 g/mol. The van der Waals surface area contributed by atoms with Crippen LogP contribution in [-0.4, -0.2) is 51.2 Å². The summed E-state index contributed by atoms with van der Waals surface area (Å²) in [6.07, 6.45) is 3.96. The van der Waals surface area contributed by atoms with Gasteiger partial charge < -0.3 is 9.80 Å². The Balaban J connectivity index is 1.59. The van der Waals surface area contributed by atoms with Crippen molar-refractivity contribution in [3.63, 3.8) is 0 Å². The maximum absolute atomic E-state index is 12.5. The zero-order valence-corrected chi connectivity index (χ0v) is 14.8. The first-order valence-electron chi connectivity index (χ1n) is 8.41. The molecule has 1 amide bonds. The second-order valence-electron chi connectivity index (χ2n) is 6.70. The average Bonchev–Trinajstić information content (AvgIpc) is 2.93. The van der Waals surface area contributed by atoms with Gasteiger partial charge in [-0.15, -0.1) is 0 Å². The molecular formula is C18H24N2O3S. The summed E-state index contributed by atoms with van der Waals surface area (Å²) in [5, 5.41) is 1.24. The van der Waals surface area contributed by atoms with E-state index < -0.39 is 9.84 Å². The number of likely N-dealkylation sites (N-methyl/N-ethyl adjacent to an activating group) is 1. The summed E-state index contributed by atoms with van der Waals surface area (Å²) in [5.41, 5.74) is 1.19. The minimum absolute atomic E-state index is 0.0293. The van der Waals surface area contributed by atoms with Gasteiger partial charge in [-0.1, -0.05) is 24.3 Å². The van der Waals surface area contributed by atoms with Crippen LogP contribution in [0.3, 0.4) is 0 Å². The lowest BCUT2D eigenvalue weighted by molar-refractivity contribution is -0.132. The number of carbonyl (C=O) groups excluding carboxylic acids is 1. The summed E-state index contributed by atoms with van der Waals surface area (Å²) in [6, 6.07) is 10.4. The molecule has 0 aliphatic carbocycles. The second-order valence-corrected chi connectivity index (χ2v) is 8.64. The van der Waals surface area contributed by atoms with Gasteiger partial charge in [-0.3, -0.25) is 4.79 Å². The lowest BCUT2D eigenvalue weighted by atomic mass is 10.0. The Kier molecular flexibility index (Phi) is 4.94. The number of sulfone groups is 1. The second kappa shape index (κ2) is 6.97. The highest BCUT2D eigenvalue weighted by Crippen LogP contribution is 2.24. The van der Waals surface area contributed by atoms with Crippen molar-refractivity contribution >= 4 is 21.4 Å². The first-order chi connectivity index (χ1) is 11.4. The van der Waals surface area contributed by atoms with Gasteiger partial charge in [-0.05, 0) is 25.0 Å². The zero-order valence-electron chi connectivity index (χ0n) is 14.0. The van der Waals surface area contributed by atoms with E-state index in [1.165, 1.54) is 11.1 Å². The van der Waals surface area contributed by atoms with E-state index in [-0.39, 0.29) is 30.0 Å². The van der Waals surface area contributed by atoms with Crippen molar-refractivity contribution in [1.29, 1.82) is 0 Å². The van der Waals surface area contributed by atoms with Gasteiger partial charge in [-0.2, -0.15) is 0 Å². The Bertz CT molecular complexity index is 715. The summed E-state index contributed by atoms with van der Waals surface area (Å²) >= 11 is 0. The number of para-hydroxylation sites is 1. The Morgan fingerprint density at radius 3 is 2.71 bits per heavy atom. The molecule has 0 aromatic heterocycles. The van der Waals surface area contributed by atoms with E-state index >= 15 is 0 Å². The maximum Gasteiger partial charge on any atom is 0.223 e. The largest absolute Gasteiger partial charge is 0.369 e. The summed E-state index contributed by atoms with van der Waals surface area (Å²) in [4.78, 5) is 16.7. The van der Waals surface area contributed by atoms with Gasteiger partial charge in [-0.25, -0.2) is 8.42 Å². The number of amides is 1. The van der Waals surface area contributed by atoms with Gasteiger partial charge >= 0.3 is 0 Å². The van der Waals surface area contributed by atoms with E-state index in [4.69, 9.17) is 0 Å². The molecule has 2 aliphatic heterocycles. The van der Waals surface area contributed by atoms with E-state index in [0.29, 0.717) is 0 Å². The number of nitrogens with zero attached hydrogens (tertiary/aromatic N) is 2. The molecule has 5 nitrogen and oxygen atoms in total. The lowest BCUT2D eigenvalue weighted by Crippen LogP contribution is -2.49. The Hall–Kier alpha value is -1.82. The zero-order chi connectivity index (χ0) is 17.2. The van der Waals surface area contributed by atoms with Crippen LogP contribution in [0.5, 0.6) is 0 Å². The third-order valence-corrected chi connectivity index (χ3v) is 6.36. The smallest absolute Gasteiger partial charge is 0.223 e. The molecule has 0 radical (unpaired) electrons. The standard InChI is InChI=1S/C18H24N2O3S/c1-19(18(21)12-15-9-11-24(22,23)14-15)17-8-5-10-20(13-17)16-6-3-2-4-7-16/h2-4,6-7,9,11,15,17H,5,8,10,12-14H2,1H3/t15-,17-/m1/s1. The first-order valence-corrected chi connectivity index (χ1v) is 10.1. The van der Waals surface area contributed by atoms with E-state index in [1.807, 2.05) is 30.1 Å². The SMILES string of the molecule is CN(C(=O)C[C@H]1C=CS(=O)(=O)C1)[C@@H]1CCCN(c2ccccc2)C1. The molecule has 1 aromatic rings. The normalized spacial score (nSPS) is 25.6. The molecule has 2 heterocycles. The topological polar surface area (TPSA) is 57.7 Å². The van der Waals surface area contributed by atoms with Gasteiger partial charge in [0, 0.05) is 49.6 Å². The molecule has 2 aliphatic rings. The number of hydrogen-bond donors (Lipinski definition) is 0. The van der Waals surface area contributed by atoms with Crippen LogP contribution in [0.25, 0.3) is 0 Å². The number of benzene rings is 1. The highest BCUT2D eigenvalue weighted by Gasteiger charge is 2.29.